The molecule has 0 aliphatic carbocycles. The van der Waals surface area contributed by atoms with Crippen molar-refractivity contribution in [3.8, 4) is 0 Å². The number of hydrogen-bond acceptors (Lipinski definition) is 3. The molecule has 0 saturated carbocycles. The molecule has 0 aromatic rings. The summed E-state index contributed by atoms with van der Waals surface area (Å²) in [5, 5.41) is 2.90. The largest absolute Gasteiger partial charge is 0.355 e. The average molecular weight is 241 g/mol. The SMILES string of the molecule is CCCCNC(=O)CN1CCN(C(C)=O)CC1. The van der Waals surface area contributed by atoms with E-state index in [2.05, 4.69) is 17.1 Å². The minimum absolute atomic E-state index is 0.0923. The summed E-state index contributed by atoms with van der Waals surface area (Å²) in [6, 6.07) is 0. The van der Waals surface area contributed by atoms with Crippen molar-refractivity contribution < 1.29 is 9.59 Å². The van der Waals surface area contributed by atoms with Crippen molar-refractivity contribution in [3.63, 3.8) is 0 Å². The van der Waals surface area contributed by atoms with Crippen LogP contribution in [0.5, 0.6) is 0 Å². The first-order valence-electron chi connectivity index (χ1n) is 6.38. The number of unbranched alkanes of at least 4 members (excludes halogenated alkanes) is 1. The van der Waals surface area contributed by atoms with Crippen LogP contribution in [0.25, 0.3) is 0 Å². The molecule has 5 nitrogen and oxygen atoms in total. The molecule has 98 valence electrons. The molecule has 0 spiro atoms. The first-order chi connectivity index (χ1) is 8.13. The van der Waals surface area contributed by atoms with Gasteiger partial charge in [-0.1, -0.05) is 13.3 Å². The number of carbonyl (C=O) groups is 2. The second-order valence-corrected chi connectivity index (χ2v) is 4.49. The van der Waals surface area contributed by atoms with Crippen LogP contribution in [-0.4, -0.2) is 60.9 Å². The highest BCUT2D eigenvalue weighted by Gasteiger charge is 2.19. The van der Waals surface area contributed by atoms with Crippen LogP contribution in [0.1, 0.15) is 26.7 Å². The van der Waals surface area contributed by atoms with E-state index in [0.717, 1.165) is 45.6 Å². The molecule has 5 heteroatoms. The molecule has 1 aliphatic rings. The normalized spacial score (nSPS) is 16.9. The molecule has 1 rings (SSSR count). The third kappa shape index (κ3) is 5.17. The fourth-order valence-corrected chi connectivity index (χ4v) is 1.88. The number of amides is 2. The molecule has 1 aliphatic heterocycles. The Bertz CT molecular complexity index is 260. The Morgan fingerprint density at radius 1 is 1.18 bits per heavy atom. The summed E-state index contributed by atoms with van der Waals surface area (Å²) < 4.78 is 0. The van der Waals surface area contributed by atoms with Gasteiger partial charge >= 0.3 is 0 Å². The van der Waals surface area contributed by atoms with Crippen LogP contribution in [0, 0.1) is 0 Å². The topological polar surface area (TPSA) is 52.7 Å². The van der Waals surface area contributed by atoms with Crippen LogP contribution < -0.4 is 5.32 Å². The van der Waals surface area contributed by atoms with Crippen LogP contribution in [-0.2, 0) is 9.59 Å². The minimum Gasteiger partial charge on any atom is -0.355 e. The highest BCUT2D eigenvalue weighted by molar-refractivity contribution is 5.78. The van der Waals surface area contributed by atoms with E-state index in [0.29, 0.717) is 6.54 Å². The molecule has 1 fully saturated rings. The highest BCUT2D eigenvalue weighted by atomic mass is 16.2. The molecule has 1 saturated heterocycles. The van der Waals surface area contributed by atoms with Crippen LogP contribution >= 0.6 is 0 Å². The standard InChI is InChI=1S/C12H23N3O2/c1-3-4-5-13-12(17)10-14-6-8-15(9-7-14)11(2)16/h3-10H2,1-2H3,(H,13,17). The highest BCUT2D eigenvalue weighted by Crippen LogP contribution is 2.01. The summed E-state index contributed by atoms with van der Waals surface area (Å²) in [5.74, 6) is 0.215. The van der Waals surface area contributed by atoms with Gasteiger partial charge in [0.15, 0.2) is 0 Å². The van der Waals surface area contributed by atoms with Gasteiger partial charge in [0.1, 0.15) is 0 Å². The first-order valence-corrected chi connectivity index (χ1v) is 6.38. The van der Waals surface area contributed by atoms with E-state index in [9.17, 15) is 9.59 Å². The summed E-state index contributed by atoms with van der Waals surface area (Å²) in [5.41, 5.74) is 0. The predicted molar refractivity (Wildman–Crippen MR) is 66.6 cm³/mol. The smallest absolute Gasteiger partial charge is 0.234 e. The van der Waals surface area contributed by atoms with Gasteiger partial charge in [0.05, 0.1) is 6.54 Å². The van der Waals surface area contributed by atoms with Crippen molar-refractivity contribution >= 4 is 11.8 Å². The van der Waals surface area contributed by atoms with E-state index in [1.807, 2.05) is 4.90 Å². The molecule has 0 aromatic carbocycles. The lowest BCUT2D eigenvalue weighted by molar-refractivity contribution is -0.131. The Labute approximate surface area is 103 Å². The van der Waals surface area contributed by atoms with E-state index >= 15 is 0 Å². The predicted octanol–water partition coefficient (Wildman–Crippen LogP) is 0.0668. The molecule has 2 amide bonds. The molecule has 0 aromatic heterocycles. The van der Waals surface area contributed by atoms with Gasteiger partial charge in [0, 0.05) is 39.6 Å². The van der Waals surface area contributed by atoms with Crippen molar-refractivity contribution in [1.82, 2.24) is 15.1 Å². The van der Waals surface area contributed by atoms with E-state index < -0.39 is 0 Å². The van der Waals surface area contributed by atoms with Gasteiger partial charge < -0.3 is 10.2 Å². The Kier molecular flexibility index (Phi) is 5.97. The number of piperazine rings is 1. The summed E-state index contributed by atoms with van der Waals surface area (Å²) in [6.07, 6.45) is 2.13. The zero-order chi connectivity index (χ0) is 12.7. The van der Waals surface area contributed by atoms with Gasteiger partial charge in [-0.25, -0.2) is 0 Å². The van der Waals surface area contributed by atoms with Crippen LogP contribution in [0.2, 0.25) is 0 Å². The van der Waals surface area contributed by atoms with Crippen molar-refractivity contribution in [2.24, 2.45) is 0 Å². The van der Waals surface area contributed by atoms with Crippen molar-refractivity contribution in [2.75, 3.05) is 39.3 Å². The average Bonchev–Trinajstić information content (AvgIpc) is 2.30. The molecule has 17 heavy (non-hydrogen) atoms. The van der Waals surface area contributed by atoms with E-state index in [1.54, 1.807) is 6.92 Å². The van der Waals surface area contributed by atoms with Crippen molar-refractivity contribution in [2.45, 2.75) is 26.7 Å². The second-order valence-electron chi connectivity index (χ2n) is 4.49. The number of carbonyl (C=O) groups excluding carboxylic acids is 2. The van der Waals surface area contributed by atoms with Gasteiger partial charge in [-0.15, -0.1) is 0 Å². The molecule has 0 bridgehead atoms. The quantitative estimate of drug-likeness (QED) is 0.693. The lowest BCUT2D eigenvalue weighted by atomic mass is 10.3. The number of nitrogens with one attached hydrogen (secondary N) is 1. The Morgan fingerprint density at radius 2 is 1.82 bits per heavy atom. The fraction of sp³-hybridized carbons (Fsp3) is 0.833. The Balaban J connectivity index is 2.17. The van der Waals surface area contributed by atoms with Crippen molar-refractivity contribution in [3.05, 3.63) is 0 Å². The van der Waals surface area contributed by atoms with Gasteiger partial charge in [0.2, 0.25) is 11.8 Å². The Hall–Kier alpha value is -1.10. The van der Waals surface area contributed by atoms with E-state index in [-0.39, 0.29) is 11.8 Å². The first kappa shape index (κ1) is 14.0. The molecule has 1 heterocycles. The lowest BCUT2D eigenvalue weighted by Gasteiger charge is -2.33. The summed E-state index contributed by atoms with van der Waals surface area (Å²) in [4.78, 5) is 26.6. The summed E-state index contributed by atoms with van der Waals surface area (Å²) >= 11 is 0. The maximum Gasteiger partial charge on any atom is 0.234 e. The number of nitrogens with zero attached hydrogens (tertiary/aromatic N) is 2. The zero-order valence-electron chi connectivity index (χ0n) is 10.9. The van der Waals surface area contributed by atoms with Crippen molar-refractivity contribution in [1.29, 1.82) is 0 Å². The molecular weight excluding hydrogens is 218 g/mol. The third-order valence-electron chi connectivity index (χ3n) is 3.04. The molecule has 0 unspecified atom stereocenters. The van der Waals surface area contributed by atoms with E-state index in [1.165, 1.54) is 0 Å². The minimum atomic E-state index is 0.0923. The monoisotopic (exact) mass is 241 g/mol. The maximum absolute atomic E-state index is 11.6. The second kappa shape index (κ2) is 7.27. The number of rotatable bonds is 5. The van der Waals surface area contributed by atoms with Gasteiger partial charge in [-0.3, -0.25) is 14.5 Å². The summed E-state index contributed by atoms with van der Waals surface area (Å²) in [6.45, 7) is 7.97. The fourth-order valence-electron chi connectivity index (χ4n) is 1.88. The summed E-state index contributed by atoms with van der Waals surface area (Å²) in [7, 11) is 0. The molecule has 0 radical (unpaired) electrons. The lowest BCUT2D eigenvalue weighted by Crippen LogP contribution is -2.50. The maximum atomic E-state index is 11.6. The molecule has 0 atom stereocenters. The zero-order valence-corrected chi connectivity index (χ0v) is 10.9. The third-order valence-corrected chi connectivity index (χ3v) is 3.04. The van der Waals surface area contributed by atoms with Crippen LogP contribution in [0.3, 0.4) is 0 Å². The Morgan fingerprint density at radius 3 is 2.35 bits per heavy atom. The van der Waals surface area contributed by atoms with Crippen LogP contribution in [0.15, 0.2) is 0 Å². The van der Waals surface area contributed by atoms with Gasteiger partial charge in [-0.2, -0.15) is 0 Å². The van der Waals surface area contributed by atoms with Gasteiger partial charge in [0.25, 0.3) is 0 Å². The van der Waals surface area contributed by atoms with E-state index in [4.69, 9.17) is 0 Å². The molecular formula is C12H23N3O2. The molecule has 1 N–H and O–H groups in total. The van der Waals surface area contributed by atoms with Gasteiger partial charge in [-0.05, 0) is 6.42 Å². The van der Waals surface area contributed by atoms with Crippen LogP contribution in [0.4, 0.5) is 0 Å². The number of hydrogen-bond donors (Lipinski definition) is 1.